The molecule has 1 aliphatic rings. The SMILES string of the molecule is CCCCCCCCCCCCCCCCCCN1C=CN(C)C1.c1ccncc1. The molecule has 30 heavy (non-hydrogen) atoms. The Morgan fingerprint density at radius 2 is 1.07 bits per heavy atom. The number of pyridine rings is 1. The predicted octanol–water partition coefficient (Wildman–Crippen LogP) is 8.01. The van der Waals surface area contributed by atoms with Crippen LogP contribution in [-0.4, -0.2) is 35.0 Å². The van der Waals surface area contributed by atoms with Crippen LogP contribution in [0.3, 0.4) is 0 Å². The molecule has 0 bridgehead atoms. The van der Waals surface area contributed by atoms with E-state index in [1.807, 2.05) is 18.2 Å². The van der Waals surface area contributed by atoms with Crippen LogP contribution in [-0.2, 0) is 0 Å². The van der Waals surface area contributed by atoms with Crippen molar-refractivity contribution in [1.29, 1.82) is 0 Å². The number of aromatic nitrogens is 1. The molecule has 0 aliphatic carbocycles. The van der Waals surface area contributed by atoms with Crippen molar-refractivity contribution in [3.8, 4) is 0 Å². The highest BCUT2D eigenvalue weighted by atomic mass is 15.3. The molecule has 0 N–H and O–H groups in total. The van der Waals surface area contributed by atoms with E-state index in [0.29, 0.717) is 0 Å². The molecule has 0 fully saturated rings. The lowest BCUT2D eigenvalue weighted by atomic mass is 10.0. The number of nitrogens with zero attached hydrogens (tertiary/aromatic N) is 3. The van der Waals surface area contributed by atoms with E-state index in [1.54, 1.807) is 12.4 Å². The second-order valence-corrected chi connectivity index (χ2v) is 8.84. The van der Waals surface area contributed by atoms with E-state index < -0.39 is 0 Å². The first-order chi connectivity index (χ1) is 14.8. The Labute approximate surface area is 188 Å². The second-order valence-electron chi connectivity index (χ2n) is 8.84. The van der Waals surface area contributed by atoms with Gasteiger partial charge in [0, 0.05) is 38.4 Å². The van der Waals surface area contributed by atoms with E-state index >= 15 is 0 Å². The van der Waals surface area contributed by atoms with Gasteiger partial charge >= 0.3 is 0 Å². The minimum absolute atomic E-state index is 1.08. The molecule has 2 heterocycles. The molecule has 0 unspecified atom stereocenters. The molecule has 1 aromatic heterocycles. The molecule has 0 atom stereocenters. The van der Waals surface area contributed by atoms with Gasteiger partial charge in [0.05, 0.1) is 6.67 Å². The molecule has 172 valence electrons. The van der Waals surface area contributed by atoms with Gasteiger partial charge in [0.2, 0.25) is 0 Å². The predicted molar refractivity (Wildman–Crippen MR) is 132 cm³/mol. The molecule has 3 nitrogen and oxygen atoms in total. The molecule has 3 heteroatoms. The monoisotopic (exact) mass is 415 g/mol. The lowest BCUT2D eigenvalue weighted by Gasteiger charge is -2.17. The third-order valence-electron chi connectivity index (χ3n) is 5.80. The Hall–Kier alpha value is -1.51. The Morgan fingerprint density at radius 1 is 0.600 bits per heavy atom. The molecule has 0 spiro atoms. The summed E-state index contributed by atoms with van der Waals surface area (Å²) in [5.41, 5.74) is 0. The largest absolute Gasteiger partial charge is 0.362 e. The van der Waals surface area contributed by atoms with Crippen molar-refractivity contribution in [1.82, 2.24) is 14.8 Å². The van der Waals surface area contributed by atoms with Gasteiger partial charge in [0.1, 0.15) is 0 Å². The van der Waals surface area contributed by atoms with Gasteiger partial charge in [0.25, 0.3) is 0 Å². The number of hydrogen-bond acceptors (Lipinski definition) is 3. The fraction of sp³-hybridized carbons (Fsp3) is 0.741. The maximum absolute atomic E-state index is 3.78. The molecule has 0 amide bonds. The standard InChI is InChI=1S/C22H44N2.C5H5N/c1-3-4-5-6-7-8-9-10-11-12-13-14-15-16-17-18-19-24-21-20-23(2)22-24;1-2-4-6-5-3-1/h20-21H,3-19,22H2,1-2H3;1-5H. The summed E-state index contributed by atoms with van der Waals surface area (Å²) in [6, 6.07) is 5.72. The molecule has 0 saturated carbocycles. The second kappa shape index (κ2) is 20.8. The maximum atomic E-state index is 3.78. The fourth-order valence-electron chi connectivity index (χ4n) is 3.91. The summed E-state index contributed by atoms with van der Waals surface area (Å²) in [4.78, 5) is 8.45. The average Bonchev–Trinajstić information content (AvgIpc) is 3.20. The van der Waals surface area contributed by atoms with Crippen LogP contribution < -0.4 is 0 Å². The molecule has 2 rings (SSSR count). The lowest BCUT2D eigenvalue weighted by molar-refractivity contribution is 0.290. The van der Waals surface area contributed by atoms with Gasteiger partial charge in [-0.05, 0) is 18.6 Å². The number of unbranched alkanes of at least 4 members (excludes halogenated alkanes) is 15. The highest BCUT2D eigenvalue weighted by molar-refractivity contribution is 4.88. The summed E-state index contributed by atoms with van der Waals surface area (Å²) >= 11 is 0. The van der Waals surface area contributed by atoms with E-state index in [2.05, 4.69) is 41.2 Å². The summed E-state index contributed by atoms with van der Waals surface area (Å²) in [7, 11) is 2.14. The lowest BCUT2D eigenvalue weighted by Crippen LogP contribution is -2.23. The van der Waals surface area contributed by atoms with Crippen LogP contribution in [0.15, 0.2) is 43.0 Å². The van der Waals surface area contributed by atoms with Crippen molar-refractivity contribution in [2.45, 2.75) is 110 Å². The van der Waals surface area contributed by atoms with E-state index in [0.717, 1.165) is 6.67 Å². The summed E-state index contributed by atoms with van der Waals surface area (Å²) in [6.45, 7) is 4.61. The molecule has 1 aliphatic heterocycles. The number of hydrogen-bond donors (Lipinski definition) is 0. The van der Waals surface area contributed by atoms with Crippen molar-refractivity contribution in [3.63, 3.8) is 0 Å². The van der Waals surface area contributed by atoms with Gasteiger partial charge in [-0.3, -0.25) is 4.98 Å². The van der Waals surface area contributed by atoms with Crippen LogP contribution in [0.4, 0.5) is 0 Å². The Morgan fingerprint density at radius 3 is 1.40 bits per heavy atom. The first kappa shape index (κ1) is 26.5. The minimum Gasteiger partial charge on any atom is -0.362 e. The van der Waals surface area contributed by atoms with Crippen LogP contribution in [0.25, 0.3) is 0 Å². The molecule has 0 aromatic carbocycles. The van der Waals surface area contributed by atoms with Crippen LogP contribution >= 0.6 is 0 Å². The molecule has 0 saturated heterocycles. The first-order valence-electron chi connectivity index (χ1n) is 12.8. The van der Waals surface area contributed by atoms with Gasteiger partial charge in [0.15, 0.2) is 0 Å². The fourth-order valence-corrected chi connectivity index (χ4v) is 3.91. The van der Waals surface area contributed by atoms with E-state index in [-0.39, 0.29) is 0 Å². The summed E-state index contributed by atoms with van der Waals surface area (Å²) in [5, 5.41) is 0. The molecule has 0 radical (unpaired) electrons. The Kier molecular flexibility index (Phi) is 18.3. The molecular formula is C27H49N3. The van der Waals surface area contributed by atoms with Crippen molar-refractivity contribution in [2.75, 3.05) is 20.3 Å². The molecule has 1 aromatic rings. The van der Waals surface area contributed by atoms with Gasteiger partial charge in [-0.2, -0.15) is 0 Å². The maximum Gasteiger partial charge on any atom is 0.0890 e. The van der Waals surface area contributed by atoms with Gasteiger partial charge < -0.3 is 9.80 Å². The summed E-state index contributed by atoms with van der Waals surface area (Å²) in [6.07, 6.45) is 31.1. The van der Waals surface area contributed by atoms with E-state index in [1.165, 1.54) is 109 Å². The van der Waals surface area contributed by atoms with Crippen LogP contribution in [0.5, 0.6) is 0 Å². The Balaban J connectivity index is 0.000000637. The molecular weight excluding hydrogens is 366 g/mol. The minimum atomic E-state index is 1.08. The van der Waals surface area contributed by atoms with Gasteiger partial charge in [-0.15, -0.1) is 0 Å². The van der Waals surface area contributed by atoms with Crippen molar-refractivity contribution < 1.29 is 0 Å². The van der Waals surface area contributed by atoms with Gasteiger partial charge in [-0.25, -0.2) is 0 Å². The summed E-state index contributed by atoms with van der Waals surface area (Å²) < 4.78 is 0. The van der Waals surface area contributed by atoms with Crippen LogP contribution in [0.1, 0.15) is 110 Å². The third-order valence-corrected chi connectivity index (χ3v) is 5.80. The van der Waals surface area contributed by atoms with E-state index in [4.69, 9.17) is 0 Å². The van der Waals surface area contributed by atoms with Gasteiger partial charge in [-0.1, -0.05) is 109 Å². The zero-order chi connectivity index (χ0) is 21.5. The quantitative estimate of drug-likeness (QED) is 0.240. The summed E-state index contributed by atoms with van der Waals surface area (Å²) in [5.74, 6) is 0. The van der Waals surface area contributed by atoms with E-state index in [9.17, 15) is 0 Å². The zero-order valence-electron chi connectivity index (χ0n) is 20.1. The van der Waals surface area contributed by atoms with Crippen molar-refractivity contribution in [3.05, 3.63) is 43.0 Å². The smallest absolute Gasteiger partial charge is 0.0890 e. The highest BCUT2D eigenvalue weighted by Gasteiger charge is 2.06. The zero-order valence-corrected chi connectivity index (χ0v) is 20.1. The highest BCUT2D eigenvalue weighted by Crippen LogP contribution is 2.14. The Bertz CT molecular complexity index is 448. The van der Waals surface area contributed by atoms with Crippen molar-refractivity contribution >= 4 is 0 Å². The normalized spacial score (nSPS) is 12.9. The number of rotatable bonds is 17. The topological polar surface area (TPSA) is 19.4 Å². The van der Waals surface area contributed by atoms with Crippen LogP contribution in [0, 0.1) is 0 Å². The third kappa shape index (κ3) is 17.4. The first-order valence-corrected chi connectivity index (χ1v) is 12.8. The van der Waals surface area contributed by atoms with Crippen molar-refractivity contribution in [2.24, 2.45) is 0 Å². The van der Waals surface area contributed by atoms with Crippen LogP contribution in [0.2, 0.25) is 0 Å². The average molecular weight is 416 g/mol.